The van der Waals surface area contributed by atoms with Crippen LogP contribution in [0.1, 0.15) is 43.7 Å². The van der Waals surface area contributed by atoms with Gasteiger partial charge in [0.2, 0.25) is 10.0 Å². The van der Waals surface area contributed by atoms with E-state index >= 15 is 0 Å². The van der Waals surface area contributed by atoms with Crippen molar-refractivity contribution in [2.75, 3.05) is 5.73 Å². The Balaban J connectivity index is 2.40. The summed E-state index contributed by atoms with van der Waals surface area (Å²) in [5.74, 6) is 0. The first-order valence-corrected chi connectivity index (χ1v) is 8.19. The zero-order valence-corrected chi connectivity index (χ0v) is 12.6. The minimum absolute atomic E-state index is 0.246. The van der Waals surface area contributed by atoms with Gasteiger partial charge in [0.15, 0.2) is 0 Å². The molecule has 0 bridgehead atoms. The number of anilines is 1. The second-order valence-corrected chi connectivity index (χ2v) is 7.22. The zero-order valence-electron chi connectivity index (χ0n) is 11.8. The molecule has 2 rings (SSSR count). The lowest BCUT2D eigenvalue weighted by molar-refractivity contribution is 0.214. The molecular weight excluding hydrogens is 260 g/mol. The highest BCUT2D eigenvalue weighted by atomic mass is 32.2. The first-order valence-electron chi connectivity index (χ1n) is 6.70. The maximum atomic E-state index is 12.6. The molecule has 0 heterocycles. The summed E-state index contributed by atoms with van der Waals surface area (Å²) >= 11 is 0. The number of aryl methyl sites for hydroxylation is 1. The Kier molecular flexibility index (Phi) is 3.62. The molecule has 1 aliphatic rings. The highest BCUT2D eigenvalue weighted by molar-refractivity contribution is 7.89. The van der Waals surface area contributed by atoms with Crippen molar-refractivity contribution in [3.63, 3.8) is 0 Å². The van der Waals surface area contributed by atoms with E-state index in [1.54, 1.807) is 19.1 Å². The van der Waals surface area contributed by atoms with Crippen molar-refractivity contribution in [2.24, 2.45) is 0 Å². The monoisotopic (exact) mass is 282 g/mol. The van der Waals surface area contributed by atoms with E-state index in [4.69, 9.17) is 5.73 Å². The fourth-order valence-electron chi connectivity index (χ4n) is 2.60. The van der Waals surface area contributed by atoms with Gasteiger partial charge in [0, 0.05) is 11.2 Å². The van der Waals surface area contributed by atoms with Crippen molar-refractivity contribution in [3.8, 4) is 0 Å². The summed E-state index contributed by atoms with van der Waals surface area (Å²) in [6, 6.07) is 3.49. The van der Waals surface area contributed by atoms with Gasteiger partial charge in [0.05, 0.1) is 4.90 Å². The lowest BCUT2D eigenvalue weighted by Crippen LogP contribution is -2.52. The fourth-order valence-corrected chi connectivity index (χ4v) is 4.49. The number of nitrogens with one attached hydrogen (secondary N) is 1. The lowest BCUT2D eigenvalue weighted by atomic mass is 9.76. The van der Waals surface area contributed by atoms with Gasteiger partial charge in [-0.2, -0.15) is 0 Å². The van der Waals surface area contributed by atoms with Gasteiger partial charge in [-0.05, 0) is 62.8 Å². The Morgan fingerprint density at radius 2 is 1.95 bits per heavy atom. The summed E-state index contributed by atoms with van der Waals surface area (Å²) < 4.78 is 28.0. The summed E-state index contributed by atoms with van der Waals surface area (Å²) in [7, 11) is -3.50. The number of benzene rings is 1. The summed E-state index contributed by atoms with van der Waals surface area (Å²) in [5, 5.41) is 0. The van der Waals surface area contributed by atoms with Crippen LogP contribution in [-0.4, -0.2) is 14.0 Å². The summed E-state index contributed by atoms with van der Waals surface area (Å²) in [6.07, 6.45) is 3.75. The number of rotatable bonds is 4. The first kappa shape index (κ1) is 14.3. The molecule has 19 heavy (non-hydrogen) atoms. The van der Waals surface area contributed by atoms with Gasteiger partial charge >= 0.3 is 0 Å². The van der Waals surface area contributed by atoms with Crippen LogP contribution in [0, 0.1) is 13.8 Å². The summed E-state index contributed by atoms with van der Waals surface area (Å²) in [4.78, 5) is 0.310. The minimum atomic E-state index is -3.50. The van der Waals surface area contributed by atoms with Crippen molar-refractivity contribution in [1.82, 2.24) is 4.72 Å². The molecular formula is C14H22N2O2S. The van der Waals surface area contributed by atoms with Crippen LogP contribution in [0.25, 0.3) is 0 Å². The Morgan fingerprint density at radius 3 is 2.42 bits per heavy atom. The SMILES string of the molecule is CCC1(NS(=O)(=O)c2cc(C)cc(N)c2C)CCC1. The third kappa shape index (κ3) is 2.62. The van der Waals surface area contributed by atoms with Crippen LogP contribution in [0.3, 0.4) is 0 Å². The molecule has 0 amide bonds. The van der Waals surface area contributed by atoms with Gasteiger partial charge < -0.3 is 5.73 Å². The molecule has 1 aliphatic carbocycles. The van der Waals surface area contributed by atoms with Crippen LogP contribution in [-0.2, 0) is 10.0 Å². The number of sulfonamides is 1. The Hall–Kier alpha value is -1.07. The predicted octanol–water partition coefficient (Wildman–Crippen LogP) is 2.50. The molecule has 0 aromatic heterocycles. The van der Waals surface area contributed by atoms with Crippen molar-refractivity contribution in [3.05, 3.63) is 23.3 Å². The van der Waals surface area contributed by atoms with Crippen LogP contribution in [0.2, 0.25) is 0 Å². The first-order chi connectivity index (χ1) is 8.80. The van der Waals surface area contributed by atoms with Crippen LogP contribution >= 0.6 is 0 Å². The number of nitrogens with two attached hydrogens (primary N) is 1. The maximum Gasteiger partial charge on any atom is 0.241 e. The van der Waals surface area contributed by atoms with Gasteiger partial charge in [-0.25, -0.2) is 13.1 Å². The van der Waals surface area contributed by atoms with Crippen LogP contribution in [0.5, 0.6) is 0 Å². The molecule has 1 aromatic rings. The van der Waals surface area contributed by atoms with E-state index < -0.39 is 10.0 Å². The molecule has 0 unspecified atom stereocenters. The van der Waals surface area contributed by atoms with Gasteiger partial charge in [0.25, 0.3) is 0 Å². The lowest BCUT2D eigenvalue weighted by Gasteiger charge is -2.41. The van der Waals surface area contributed by atoms with E-state index in [0.717, 1.165) is 31.2 Å². The second-order valence-electron chi connectivity index (χ2n) is 5.57. The molecule has 0 radical (unpaired) electrons. The van der Waals surface area contributed by atoms with E-state index in [1.807, 2.05) is 13.8 Å². The largest absolute Gasteiger partial charge is 0.398 e. The maximum absolute atomic E-state index is 12.6. The van der Waals surface area contributed by atoms with Gasteiger partial charge in [-0.1, -0.05) is 6.92 Å². The minimum Gasteiger partial charge on any atom is -0.398 e. The Bertz CT molecular complexity index is 584. The molecule has 1 aromatic carbocycles. The molecule has 1 saturated carbocycles. The molecule has 3 N–H and O–H groups in total. The highest BCUT2D eigenvalue weighted by Gasteiger charge is 2.39. The van der Waals surface area contributed by atoms with E-state index in [2.05, 4.69) is 4.72 Å². The molecule has 106 valence electrons. The Morgan fingerprint density at radius 1 is 1.32 bits per heavy atom. The zero-order chi connectivity index (χ0) is 14.3. The topological polar surface area (TPSA) is 72.2 Å². The molecule has 1 fully saturated rings. The highest BCUT2D eigenvalue weighted by Crippen LogP contribution is 2.36. The van der Waals surface area contributed by atoms with Crippen molar-refractivity contribution >= 4 is 15.7 Å². The average molecular weight is 282 g/mol. The molecule has 0 saturated heterocycles. The van der Waals surface area contributed by atoms with Gasteiger partial charge in [-0.3, -0.25) is 0 Å². The van der Waals surface area contributed by atoms with Crippen LogP contribution in [0.4, 0.5) is 5.69 Å². The van der Waals surface area contributed by atoms with Crippen LogP contribution < -0.4 is 10.5 Å². The van der Waals surface area contributed by atoms with Crippen LogP contribution in [0.15, 0.2) is 17.0 Å². The van der Waals surface area contributed by atoms with E-state index in [-0.39, 0.29) is 5.54 Å². The summed E-state index contributed by atoms with van der Waals surface area (Å²) in [6.45, 7) is 5.63. The summed E-state index contributed by atoms with van der Waals surface area (Å²) in [5.41, 5.74) is 7.64. The number of hydrogen-bond donors (Lipinski definition) is 2. The van der Waals surface area contributed by atoms with Gasteiger partial charge in [0.1, 0.15) is 0 Å². The third-order valence-electron chi connectivity index (χ3n) is 4.17. The fraction of sp³-hybridized carbons (Fsp3) is 0.571. The van der Waals surface area contributed by atoms with E-state index in [1.165, 1.54) is 0 Å². The smallest absolute Gasteiger partial charge is 0.241 e. The normalized spacial score (nSPS) is 18.1. The van der Waals surface area contributed by atoms with E-state index in [0.29, 0.717) is 16.1 Å². The Labute approximate surface area is 115 Å². The standard InChI is InChI=1S/C14H22N2O2S/c1-4-14(6-5-7-14)16-19(17,18)13-9-10(2)8-12(15)11(13)3/h8-9,16H,4-7,15H2,1-3H3. The van der Waals surface area contributed by atoms with Gasteiger partial charge in [-0.15, -0.1) is 0 Å². The van der Waals surface area contributed by atoms with Crippen molar-refractivity contribution in [2.45, 2.75) is 56.9 Å². The number of nitrogen functional groups attached to an aromatic ring is 1. The quantitative estimate of drug-likeness (QED) is 0.833. The molecule has 0 atom stereocenters. The van der Waals surface area contributed by atoms with Crippen molar-refractivity contribution < 1.29 is 8.42 Å². The van der Waals surface area contributed by atoms with E-state index in [9.17, 15) is 8.42 Å². The molecule has 5 heteroatoms. The van der Waals surface area contributed by atoms with Crippen molar-refractivity contribution in [1.29, 1.82) is 0 Å². The molecule has 4 nitrogen and oxygen atoms in total. The average Bonchev–Trinajstić information content (AvgIpc) is 2.28. The number of hydrogen-bond acceptors (Lipinski definition) is 3. The molecule has 0 spiro atoms. The predicted molar refractivity (Wildman–Crippen MR) is 77.5 cm³/mol. The molecule has 0 aliphatic heterocycles. The second kappa shape index (κ2) is 4.80. The third-order valence-corrected chi connectivity index (χ3v) is 5.88.